The van der Waals surface area contributed by atoms with Crippen molar-refractivity contribution in [1.82, 2.24) is 24.6 Å². The van der Waals surface area contributed by atoms with Crippen molar-refractivity contribution in [2.45, 2.75) is 29.8 Å². The summed E-state index contributed by atoms with van der Waals surface area (Å²) in [5.74, 6) is 0.926. The Morgan fingerprint density at radius 2 is 2.32 bits per heavy atom. The summed E-state index contributed by atoms with van der Waals surface area (Å²) >= 11 is 3.14. The summed E-state index contributed by atoms with van der Waals surface area (Å²) in [6, 6.07) is 4.24. The Morgan fingerprint density at radius 3 is 3.00 bits per heavy atom. The smallest absolute Gasteiger partial charge is 0.198 e. The molecule has 22 heavy (non-hydrogen) atoms. The molecule has 116 valence electrons. The minimum absolute atomic E-state index is 0.264. The van der Waals surface area contributed by atoms with Gasteiger partial charge in [0.25, 0.3) is 0 Å². The molecule has 0 aliphatic rings. The summed E-state index contributed by atoms with van der Waals surface area (Å²) in [6.07, 6.45) is 3.52. The second-order valence-electron chi connectivity index (χ2n) is 5.01. The van der Waals surface area contributed by atoms with Crippen LogP contribution in [-0.2, 0) is 13.6 Å². The van der Waals surface area contributed by atoms with Crippen LogP contribution in [0.3, 0.4) is 0 Å². The summed E-state index contributed by atoms with van der Waals surface area (Å²) in [5.41, 5.74) is 0. The highest BCUT2D eigenvalue weighted by molar-refractivity contribution is 7.99. The second kappa shape index (κ2) is 6.64. The molecule has 3 heterocycles. The Hall–Kier alpha value is -1.64. The molecular formula is C14H17N5OS2. The zero-order valence-electron chi connectivity index (χ0n) is 12.6. The molecule has 0 fully saturated rings. The van der Waals surface area contributed by atoms with Crippen molar-refractivity contribution in [3.05, 3.63) is 40.8 Å². The minimum Gasteiger partial charge on any atom is -0.453 e. The van der Waals surface area contributed by atoms with Crippen LogP contribution in [0.4, 0.5) is 0 Å². The van der Waals surface area contributed by atoms with E-state index in [1.807, 2.05) is 35.3 Å². The molecule has 0 aromatic carbocycles. The van der Waals surface area contributed by atoms with Crippen molar-refractivity contribution in [2.75, 3.05) is 7.05 Å². The van der Waals surface area contributed by atoms with Crippen LogP contribution in [0.15, 0.2) is 44.7 Å². The first kappa shape index (κ1) is 15.3. The number of hydrogen-bond donors (Lipinski definition) is 0. The van der Waals surface area contributed by atoms with Gasteiger partial charge in [0.1, 0.15) is 17.1 Å². The van der Waals surface area contributed by atoms with Crippen LogP contribution in [-0.4, -0.2) is 31.7 Å². The largest absolute Gasteiger partial charge is 0.453 e. The van der Waals surface area contributed by atoms with E-state index in [1.165, 1.54) is 11.8 Å². The van der Waals surface area contributed by atoms with E-state index in [0.717, 1.165) is 27.6 Å². The van der Waals surface area contributed by atoms with Crippen LogP contribution in [0.5, 0.6) is 0 Å². The molecule has 8 heteroatoms. The highest BCUT2D eigenvalue weighted by Crippen LogP contribution is 2.28. The topological polar surface area (TPSA) is 60.0 Å². The molecule has 3 rings (SSSR count). The Kier molecular flexibility index (Phi) is 4.60. The van der Waals surface area contributed by atoms with E-state index in [1.54, 1.807) is 17.7 Å². The van der Waals surface area contributed by atoms with E-state index >= 15 is 0 Å². The molecule has 1 atom stereocenters. The molecule has 3 aromatic rings. The number of thiazole rings is 1. The normalized spacial score (nSPS) is 12.9. The summed E-state index contributed by atoms with van der Waals surface area (Å²) in [5, 5.41) is 12.7. The van der Waals surface area contributed by atoms with Crippen LogP contribution in [0, 0.1) is 0 Å². The quantitative estimate of drug-likeness (QED) is 0.689. The molecule has 6 nitrogen and oxygen atoms in total. The third kappa shape index (κ3) is 3.40. The third-order valence-electron chi connectivity index (χ3n) is 3.37. The maximum absolute atomic E-state index is 5.87. The highest BCUT2D eigenvalue weighted by atomic mass is 32.2. The molecule has 0 aliphatic carbocycles. The average molecular weight is 335 g/mol. The fraction of sp³-hybridized carbons (Fsp3) is 0.357. The number of aromatic nitrogens is 4. The van der Waals surface area contributed by atoms with E-state index < -0.39 is 0 Å². The van der Waals surface area contributed by atoms with Gasteiger partial charge in [0.2, 0.25) is 0 Å². The van der Waals surface area contributed by atoms with Crippen molar-refractivity contribution in [3.8, 4) is 0 Å². The lowest BCUT2D eigenvalue weighted by molar-refractivity contribution is 0.226. The molecule has 0 unspecified atom stereocenters. The SMILES string of the molecule is C[C@H](c1nccs1)N(C)Cc1ccc(Sc2nncn2C)o1. The number of aryl methyl sites for hydroxylation is 1. The van der Waals surface area contributed by atoms with E-state index in [-0.39, 0.29) is 6.04 Å². The molecule has 0 bridgehead atoms. The Balaban J connectivity index is 1.63. The van der Waals surface area contributed by atoms with E-state index in [0.29, 0.717) is 0 Å². The van der Waals surface area contributed by atoms with Gasteiger partial charge in [-0.15, -0.1) is 21.5 Å². The molecule has 0 aliphatic heterocycles. The van der Waals surface area contributed by atoms with Gasteiger partial charge in [0.15, 0.2) is 10.2 Å². The highest BCUT2D eigenvalue weighted by Gasteiger charge is 2.16. The van der Waals surface area contributed by atoms with Crippen LogP contribution < -0.4 is 0 Å². The lowest BCUT2D eigenvalue weighted by Crippen LogP contribution is -2.21. The van der Waals surface area contributed by atoms with E-state index in [4.69, 9.17) is 4.42 Å². The van der Waals surface area contributed by atoms with Crippen molar-refractivity contribution >= 4 is 23.1 Å². The van der Waals surface area contributed by atoms with Gasteiger partial charge in [-0.3, -0.25) is 4.90 Å². The molecule has 0 radical (unpaired) electrons. The maximum atomic E-state index is 5.87. The number of nitrogens with zero attached hydrogens (tertiary/aromatic N) is 5. The van der Waals surface area contributed by atoms with E-state index in [9.17, 15) is 0 Å². The number of furan rings is 1. The number of hydrogen-bond acceptors (Lipinski definition) is 7. The standard InChI is InChI=1S/C14H17N5OS2/c1-10(13-15-6-7-21-13)18(2)8-11-4-5-12(20-11)22-14-17-16-9-19(14)3/h4-7,9-10H,8H2,1-3H3/t10-/m1/s1. The molecular weight excluding hydrogens is 318 g/mol. The minimum atomic E-state index is 0.264. The number of rotatable bonds is 6. The van der Waals surface area contributed by atoms with Gasteiger partial charge in [-0.2, -0.15) is 0 Å². The third-order valence-corrected chi connectivity index (χ3v) is 5.29. The fourth-order valence-electron chi connectivity index (χ4n) is 1.97. The fourth-order valence-corrected chi connectivity index (χ4v) is 3.47. The molecule has 0 saturated heterocycles. The Morgan fingerprint density at radius 1 is 1.45 bits per heavy atom. The maximum Gasteiger partial charge on any atom is 0.198 e. The zero-order chi connectivity index (χ0) is 15.5. The zero-order valence-corrected chi connectivity index (χ0v) is 14.3. The first-order valence-electron chi connectivity index (χ1n) is 6.83. The monoisotopic (exact) mass is 335 g/mol. The molecule has 0 N–H and O–H groups in total. The van der Waals surface area contributed by atoms with Gasteiger partial charge in [-0.25, -0.2) is 4.98 Å². The second-order valence-corrected chi connectivity index (χ2v) is 6.91. The summed E-state index contributed by atoms with van der Waals surface area (Å²) in [7, 11) is 3.99. The molecule has 0 amide bonds. The van der Waals surface area contributed by atoms with Gasteiger partial charge in [-0.1, -0.05) is 0 Å². The van der Waals surface area contributed by atoms with Gasteiger partial charge >= 0.3 is 0 Å². The predicted molar refractivity (Wildman–Crippen MR) is 85.8 cm³/mol. The lowest BCUT2D eigenvalue weighted by Gasteiger charge is -2.21. The van der Waals surface area contributed by atoms with Crippen LogP contribution in [0.2, 0.25) is 0 Å². The van der Waals surface area contributed by atoms with Crippen LogP contribution in [0.25, 0.3) is 0 Å². The molecule has 0 saturated carbocycles. The Labute approximate surface area is 137 Å². The van der Waals surface area contributed by atoms with Gasteiger partial charge < -0.3 is 8.98 Å². The van der Waals surface area contributed by atoms with Crippen molar-refractivity contribution in [1.29, 1.82) is 0 Å². The van der Waals surface area contributed by atoms with Crippen molar-refractivity contribution < 1.29 is 4.42 Å². The first-order valence-corrected chi connectivity index (χ1v) is 8.53. The Bertz CT molecular complexity index is 721. The van der Waals surface area contributed by atoms with Crippen LogP contribution in [0.1, 0.15) is 23.7 Å². The molecule has 0 spiro atoms. The summed E-state index contributed by atoms with van der Waals surface area (Å²) in [4.78, 5) is 6.58. The van der Waals surface area contributed by atoms with Gasteiger partial charge in [0.05, 0.1) is 12.6 Å². The lowest BCUT2D eigenvalue weighted by atomic mass is 10.3. The van der Waals surface area contributed by atoms with Crippen molar-refractivity contribution in [3.63, 3.8) is 0 Å². The van der Waals surface area contributed by atoms with Crippen molar-refractivity contribution in [2.24, 2.45) is 7.05 Å². The predicted octanol–water partition coefficient (Wildman–Crippen LogP) is 3.21. The van der Waals surface area contributed by atoms with Crippen LogP contribution >= 0.6 is 23.1 Å². The molecule has 3 aromatic heterocycles. The van der Waals surface area contributed by atoms with Gasteiger partial charge in [0, 0.05) is 18.6 Å². The van der Waals surface area contributed by atoms with Gasteiger partial charge in [-0.05, 0) is 37.9 Å². The first-order chi connectivity index (χ1) is 10.6. The summed E-state index contributed by atoms with van der Waals surface area (Å²) in [6.45, 7) is 2.89. The van der Waals surface area contributed by atoms with E-state index in [2.05, 4.69) is 34.1 Å². The average Bonchev–Trinajstić information content (AvgIpc) is 3.22. The summed E-state index contributed by atoms with van der Waals surface area (Å²) < 4.78 is 7.74.